The van der Waals surface area contributed by atoms with Gasteiger partial charge in [0.05, 0.1) is 18.9 Å². The van der Waals surface area contributed by atoms with Crippen LogP contribution in [0.4, 0.5) is 0 Å². The molecule has 0 spiro atoms. The van der Waals surface area contributed by atoms with E-state index in [4.69, 9.17) is 4.74 Å². The van der Waals surface area contributed by atoms with Gasteiger partial charge in [-0.15, -0.1) is 11.3 Å². The molecule has 5 nitrogen and oxygen atoms in total. The number of aryl methyl sites for hydroxylation is 1. The average molecular weight is 388 g/mol. The highest BCUT2D eigenvalue weighted by molar-refractivity contribution is 7.17. The zero-order chi connectivity index (χ0) is 19.2. The molecule has 1 fully saturated rings. The molecule has 1 saturated heterocycles. The van der Waals surface area contributed by atoms with Crippen LogP contribution in [0.5, 0.6) is 0 Å². The second-order valence-electron chi connectivity index (χ2n) is 7.44. The molecule has 1 N–H and O–H groups in total. The van der Waals surface area contributed by atoms with Crippen LogP contribution in [-0.2, 0) is 4.74 Å². The molecule has 1 atom stereocenters. The smallest absolute Gasteiger partial charge is 0.263 e. The van der Waals surface area contributed by atoms with E-state index >= 15 is 0 Å². The maximum Gasteiger partial charge on any atom is 0.263 e. The van der Waals surface area contributed by atoms with E-state index in [0.29, 0.717) is 23.4 Å². The molecule has 3 rings (SSSR count). The van der Waals surface area contributed by atoms with Crippen molar-refractivity contribution in [2.45, 2.75) is 33.2 Å². The Kier molecular flexibility index (Phi) is 6.99. The normalized spacial score (nSPS) is 16.4. The zero-order valence-corrected chi connectivity index (χ0v) is 17.2. The first-order chi connectivity index (χ1) is 13.0. The van der Waals surface area contributed by atoms with Crippen LogP contribution in [0.3, 0.4) is 0 Å². The molecule has 1 aliphatic heterocycles. The Morgan fingerprint density at radius 3 is 2.63 bits per heavy atom. The van der Waals surface area contributed by atoms with E-state index in [2.05, 4.69) is 29.0 Å². The molecule has 1 aliphatic rings. The van der Waals surface area contributed by atoms with Gasteiger partial charge in [-0.1, -0.05) is 44.2 Å². The van der Waals surface area contributed by atoms with Crippen molar-refractivity contribution in [3.05, 3.63) is 40.9 Å². The van der Waals surface area contributed by atoms with Gasteiger partial charge in [-0.25, -0.2) is 4.98 Å². The minimum atomic E-state index is -0.0193. The molecule has 0 aliphatic carbocycles. The van der Waals surface area contributed by atoms with Crippen LogP contribution in [0, 0.1) is 12.8 Å². The van der Waals surface area contributed by atoms with E-state index in [1.54, 1.807) is 0 Å². The Bertz CT molecular complexity index is 739. The number of aromatic nitrogens is 1. The summed E-state index contributed by atoms with van der Waals surface area (Å²) < 4.78 is 5.47. The van der Waals surface area contributed by atoms with E-state index in [-0.39, 0.29) is 5.91 Å². The topological polar surface area (TPSA) is 54.5 Å². The Hall–Kier alpha value is -1.76. The zero-order valence-electron chi connectivity index (χ0n) is 16.4. The number of nitrogens with one attached hydrogen (secondary N) is 1. The summed E-state index contributed by atoms with van der Waals surface area (Å²) >= 11 is 1.47. The van der Waals surface area contributed by atoms with Crippen LogP contribution in [0.1, 0.15) is 35.6 Å². The summed E-state index contributed by atoms with van der Waals surface area (Å²) in [6.45, 7) is 10.5. The molecule has 1 aromatic heterocycles. The predicted molar refractivity (Wildman–Crippen MR) is 110 cm³/mol. The predicted octanol–water partition coefficient (Wildman–Crippen LogP) is 3.60. The van der Waals surface area contributed by atoms with Crippen molar-refractivity contribution < 1.29 is 9.53 Å². The fourth-order valence-electron chi connectivity index (χ4n) is 3.45. The molecule has 1 amide bonds. The fourth-order valence-corrected chi connectivity index (χ4v) is 4.44. The molecule has 0 radical (unpaired) electrons. The molecule has 0 bridgehead atoms. The van der Waals surface area contributed by atoms with E-state index in [1.807, 2.05) is 37.3 Å². The van der Waals surface area contributed by atoms with E-state index in [1.165, 1.54) is 11.3 Å². The van der Waals surface area contributed by atoms with Gasteiger partial charge in [-0.2, -0.15) is 0 Å². The van der Waals surface area contributed by atoms with E-state index in [9.17, 15) is 4.79 Å². The van der Waals surface area contributed by atoms with Gasteiger partial charge in [0.15, 0.2) is 0 Å². The Morgan fingerprint density at radius 2 is 1.96 bits per heavy atom. The molecular formula is C21H29N3O2S. The first kappa shape index (κ1) is 20.0. The van der Waals surface area contributed by atoms with Gasteiger partial charge in [0.25, 0.3) is 5.91 Å². The third-order valence-electron chi connectivity index (χ3n) is 4.83. The number of benzene rings is 1. The summed E-state index contributed by atoms with van der Waals surface area (Å²) in [6.07, 6.45) is 1.07. The van der Waals surface area contributed by atoms with Gasteiger partial charge < -0.3 is 10.1 Å². The lowest BCUT2D eigenvalue weighted by Gasteiger charge is -2.35. The van der Waals surface area contributed by atoms with E-state index in [0.717, 1.165) is 49.0 Å². The van der Waals surface area contributed by atoms with Gasteiger partial charge in [0.1, 0.15) is 9.88 Å². The van der Waals surface area contributed by atoms with Crippen molar-refractivity contribution in [2.24, 2.45) is 5.92 Å². The molecule has 0 saturated carbocycles. The highest BCUT2D eigenvalue weighted by Crippen LogP contribution is 2.27. The number of morpholine rings is 1. The van der Waals surface area contributed by atoms with Crippen LogP contribution in [-0.4, -0.2) is 54.7 Å². The number of amides is 1. The number of hydrogen-bond donors (Lipinski definition) is 1. The van der Waals surface area contributed by atoms with Crippen molar-refractivity contribution in [3.63, 3.8) is 0 Å². The standard InChI is InChI=1S/C21H29N3O2S/c1-15(2)13-18(24-9-11-26-12-10-24)14-22-20(25)19-16(3)23-21(27-19)17-7-5-4-6-8-17/h4-8,15,18H,9-14H2,1-3H3,(H,22,25)/t18-/m1/s1. The lowest BCUT2D eigenvalue weighted by Crippen LogP contribution is -2.49. The minimum Gasteiger partial charge on any atom is -0.379 e. The van der Waals surface area contributed by atoms with Crippen molar-refractivity contribution in [1.82, 2.24) is 15.2 Å². The molecule has 1 aromatic carbocycles. The number of rotatable bonds is 7. The van der Waals surface area contributed by atoms with Gasteiger partial charge in [-0.3, -0.25) is 9.69 Å². The Balaban J connectivity index is 1.66. The summed E-state index contributed by atoms with van der Waals surface area (Å²) in [5.74, 6) is 0.568. The molecular weight excluding hydrogens is 358 g/mol. The summed E-state index contributed by atoms with van der Waals surface area (Å²) in [4.78, 5) is 20.5. The molecule has 2 heterocycles. The summed E-state index contributed by atoms with van der Waals surface area (Å²) in [7, 11) is 0. The van der Waals surface area contributed by atoms with Crippen molar-refractivity contribution in [3.8, 4) is 10.6 Å². The molecule has 0 unspecified atom stereocenters. The van der Waals surface area contributed by atoms with Crippen molar-refractivity contribution in [2.75, 3.05) is 32.8 Å². The first-order valence-electron chi connectivity index (χ1n) is 9.67. The van der Waals surface area contributed by atoms with Gasteiger partial charge >= 0.3 is 0 Å². The second kappa shape index (κ2) is 9.44. The fraction of sp³-hybridized carbons (Fsp3) is 0.524. The largest absolute Gasteiger partial charge is 0.379 e. The van der Waals surface area contributed by atoms with Crippen molar-refractivity contribution in [1.29, 1.82) is 0 Å². The molecule has 6 heteroatoms. The van der Waals surface area contributed by atoms with Crippen LogP contribution >= 0.6 is 11.3 Å². The van der Waals surface area contributed by atoms with Crippen LogP contribution in [0.15, 0.2) is 30.3 Å². The van der Waals surface area contributed by atoms with Crippen LogP contribution in [0.25, 0.3) is 10.6 Å². The Morgan fingerprint density at radius 1 is 1.26 bits per heavy atom. The number of hydrogen-bond acceptors (Lipinski definition) is 5. The summed E-state index contributed by atoms with van der Waals surface area (Å²) in [5, 5.41) is 4.05. The van der Waals surface area contributed by atoms with Crippen molar-refractivity contribution >= 4 is 17.2 Å². The minimum absolute atomic E-state index is 0.0193. The molecule has 2 aromatic rings. The van der Waals surface area contributed by atoms with E-state index < -0.39 is 0 Å². The Labute approximate surface area is 165 Å². The number of carbonyl (C=O) groups is 1. The lowest BCUT2D eigenvalue weighted by molar-refractivity contribution is 0.0125. The number of carbonyl (C=O) groups excluding carboxylic acids is 1. The summed E-state index contributed by atoms with van der Waals surface area (Å²) in [5.41, 5.74) is 1.85. The van der Waals surface area contributed by atoms with Crippen LogP contribution < -0.4 is 5.32 Å². The van der Waals surface area contributed by atoms with Gasteiger partial charge in [-0.05, 0) is 19.3 Å². The third kappa shape index (κ3) is 5.37. The first-order valence-corrected chi connectivity index (χ1v) is 10.5. The number of thiazole rings is 1. The third-order valence-corrected chi connectivity index (χ3v) is 6.03. The highest BCUT2D eigenvalue weighted by atomic mass is 32.1. The molecule has 27 heavy (non-hydrogen) atoms. The molecule has 146 valence electrons. The highest BCUT2D eigenvalue weighted by Gasteiger charge is 2.23. The number of nitrogens with zero attached hydrogens (tertiary/aromatic N) is 2. The second-order valence-corrected chi connectivity index (χ2v) is 8.44. The number of ether oxygens (including phenoxy) is 1. The SMILES string of the molecule is Cc1nc(-c2ccccc2)sc1C(=O)NC[C@@H](CC(C)C)N1CCOCC1. The maximum absolute atomic E-state index is 12.8. The maximum atomic E-state index is 12.8. The van der Waals surface area contributed by atoms with Gasteiger partial charge in [0.2, 0.25) is 0 Å². The average Bonchev–Trinajstić information content (AvgIpc) is 3.08. The van der Waals surface area contributed by atoms with Crippen LogP contribution in [0.2, 0.25) is 0 Å². The summed E-state index contributed by atoms with van der Waals surface area (Å²) in [6, 6.07) is 10.4. The van der Waals surface area contributed by atoms with Gasteiger partial charge in [0, 0.05) is 31.2 Å². The monoisotopic (exact) mass is 387 g/mol. The quantitative estimate of drug-likeness (QED) is 0.789. The lowest BCUT2D eigenvalue weighted by atomic mass is 10.0.